The van der Waals surface area contributed by atoms with Crippen LogP contribution in [0.4, 0.5) is 4.39 Å². The lowest BCUT2D eigenvalue weighted by atomic mass is 10.0. The molecule has 0 radical (unpaired) electrons. The number of amides is 1. The number of hydrogen-bond acceptors (Lipinski definition) is 5. The van der Waals surface area contributed by atoms with Crippen LogP contribution in [0, 0.1) is 19.7 Å². The van der Waals surface area contributed by atoms with Crippen LogP contribution in [-0.4, -0.2) is 62.4 Å². The van der Waals surface area contributed by atoms with E-state index in [4.69, 9.17) is 14.2 Å². The van der Waals surface area contributed by atoms with E-state index < -0.39 is 0 Å². The quantitative estimate of drug-likeness (QED) is 0.526. The number of morpholine rings is 1. The molecule has 1 aromatic heterocycles. The molecule has 1 unspecified atom stereocenters. The number of nitrogens with zero attached hydrogens (tertiary/aromatic N) is 2. The van der Waals surface area contributed by atoms with Gasteiger partial charge >= 0.3 is 0 Å². The highest BCUT2D eigenvalue weighted by Gasteiger charge is 2.25. The Kier molecular flexibility index (Phi) is 7.73. The molecule has 8 heteroatoms. The molecule has 1 atom stereocenters. The molecule has 4 rings (SSSR count). The van der Waals surface area contributed by atoms with Gasteiger partial charge in [-0.25, -0.2) is 4.39 Å². The average Bonchev–Trinajstić information content (AvgIpc) is 3.18. The number of benzene rings is 2. The number of rotatable bonds is 8. The SMILES string of the molecule is COc1ccc(C(CNC(=O)c2cc(C)n(-c3ccc(F)cc3)c2C)N2CCOCC2)cc1OC. The third-order valence-electron chi connectivity index (χ3n) is 6.50. The van der Waals surface area contributed by atoms with Crippen LogP contribution in [0.25, 0.3) is 5.69 Å². The molecule has 1 N–H and O–H groups in total. The molecule has 0 aliphatic carbocycles. The van der Waals surface area contributed by atoms with Crippen LogP contribution in [0.3, 0.4) is 0 Å². The highest BCUT2D eigenvalue weighted by molar-refractivity contribution is 5.96. The van der Waals surface area contributed by atoms with Gasteiger partial charge in [0.05, 0.1) is 39.0 Å². The average molecular weight is 482 g/mol. The number of halogens is 1. The molecule has 0 saturated carbocycles. The van der Waals surface area contributed by atoms with Gasteiger partial charge in [-0.2, -0.15) is 0 Å². The summed E-state index contributed by atoms with van der Waals surface area (Å²) in [6, 6.07) is 13.9. The van der Waals surface area contributed by atoms with Gasteiger partial charge in [-0.3, -0.25) is 9.69 Å². The van der Waals surface area contributed by atoms with Crippen LogP contribution in [0.5, 0.6) is 11.5 Å². The Labute approximate surface area is 205 Å². The number of carbonyl (C=O) groups is 1. The highest BCUT2D eigenvalue weighted by Crippen LogP contribution is 2.32. The van der Waals surface area contributed by atoms with Gasteiger partial charge in [-0.1, -0.05) is 6.07 Å². The second kappa shape index (κ2) is 10.9. The number of hydrogen-bond donors (Lipinski definition) is 1. The fourth-order valence-corrected chi connectivity index (χ4v) is 4.67. The predicted octanol–water partition coefficient (Wildman–Crippen LogP) is 4.05. The van der Waals surface area contributed by atoms with E-state index in [1.54, 1.807) is 26.4 Å². The van der Waals surface area contributed by atoms with E-state index in [1.807, 2.05) is 42.7 Å². The summed E-state index contributed by atoms with van der Waals surface area (Å²) in [6.07, 6.45) is 0. The standard InChI is InChI=1S/C27H32FN3O4/c1-18-15-23(19(2)31(18)22-8-6-21(28)7-9-22)27(32)29-17-24(30-11-13-35-14-12-30)20-5-10-25(33-3)26(16-20)34-4/h5-10,15-16,24H,11-14,17H2,1-4H3,(H,29,32). The van der Waals surface area contributed by atoms with E-state index in [0.29, 0.717) is 36.8 Å². The van der Waals surface area contributed by atoms with Gasteiger partial charge in [0.25, 0.3) is 5.91 Å². The first-order valence-corrected chi connectivity index (χ1v) is 11.7. The van der Waals surface area contributed by atoms with Crippen molar-refractivity contribution in [3.63, 3.8) is 0 Å². The van der Waals surface area contributed by atoms with Crippen molar-refractivity contribution in [1.29, 1.82) is 0 Å². The van der Waals surface area contributed by atoms with E-state index in [1.165, 1.54) is 12.1 Å². The summed E-state index contributed by atoms with van der Waals surface area (Å²) >= 11 is 0. The topological polar surface area (TPSA) is 65.0 Å². The molecule has 3 aromatic rings. The van der Waals surface area contributed by atoms with Crippen molar-refractivity contribution in [2.45, 2.75) is 19.9 Å². The molecule has 7 nitrogen and oxygen atoms in total. The second-order valence-corrected chi connectivity index (χ2v) is 8.59. The number of carbonyl (C=O) groups excluding carboxylic acids is 1. The predicted molar refractivity (Wildman–Crippen MR) is 132 cm³/mol. The summed E-state index contributed by atoms with van der Waals surface area (Å²) in [7, 11) is 3.23. The van der Waals surface area contributed by atoms with Crippen LogP contribution in [0.2, 0.25) is 0 Å². The molecule has 0 spiro atoms. The number of nitrogens with one attached hydrogen (secondary N) is 1. The summed E-state index contributed by atoms with van der Waals surface area (Å²) in [5, 5.41) is 3.14. The van der Waals surface area contributed by atoms with E-state index in [2.05, 4.69) is 10.2 Å². The zero-order valence-electron chi connectivity index (χ0n) is 20.6. The van der Waals surface area contributed by atoms with Gasteiger partial charge in [0, 0.05) is 36.7 Å². The Morgan fingerprint density at radius 2 is 1.71 bits per heavy atom. The summed E-state index contributed by atoms with van der Waals surface area (Å²) in [5.41, 5.74) is 4.16. The fraction of sp³-hybridized carbons (Fsp3) is 0.370. The van der Waals surface area contributed by atoms with Crippen LogP contribution in [0.15, 0.2) is 48.5 Å². The number of aromatic nitrogens is 1. The largest absolute Gasteiger partial charge is 0.493 e. The summed E-state index contributed by atoms with van der Waals surface area (Å²) in [5.74, 6) is 0.871. The second-order valence-electron chi connectivity index (χ2n) is 8.59. The molecule has 2 aromatic carbocycles. The van der Waals surface area contributed by atoms with Crippen molar-refractivity contribution >= 4 is 5.91 Å². The molecule has 0 bridgehead atoms. The zero-order chi connectivity index (χ0) is 24.9. The highest BCUT2D eigenvalue weighted by atomic mass is 19.1. The van der Waals surface area contributed by atoms with Crippen LogP contribution < -0.4 is 14.8 Å². The van der Waals surface area contributed by atoms with Crippen molar-refractivity contribution in [1.82, 2.24) is 14.8 Å². The maximum absolute atomic E-state index is 13.4. The Morgan fingerprint density at radius 1 is 1.03 bits per heavy atom. The van der Waals surface area contributed by atoms with Crippen molar-refractivity contribution in [2.75, 3.05) is 47.1 Å². The van der Waals surface area contributed by atoms with Crippen molar-refractivity contribution in [3.8, 4) is 17.2 Å². The third-order valence-corrected chi connectivity index (χ3v) is 6.50. The zero-order valence-corrected chi connectivity index (χ0v) is 20.6. The number of aryl methyl sites for hydroxylation is 1. The third kappa shape index (κ3) is 5.33. The number of methoxy groups -OCH3 is 2. The normalized spacial score (nSPS) is 15.0. The monoisotopic (exact) mass is 481 g/mol. The smallest absolute Gasteiger partial charge is 0.253 e. The van der Waals surface area contributed by atoms with E-state index in [9.17, 15) is 9.18 Å². The van der Waals surface area contributed by atoms with Gasteiger partial charge in [-0.05, 0) is 61.9 Å². The fourth-order valence-electron chi connectivity index (χ4n) is 4.67. The van der Waals surface area contributed by atoms with Crippen molar-refractivity contribution in [2.24, 2.45) is 0 Å². The molecular formula is C27H32FN3O4. The lowest BCUT2D eigenvalue weighted by Gasteiger charge is -2.35. The molecule has 1 aliphatic rings. The van der Waals surface area contributed by atoms with Gasteiger partial charge in [0.15, 0.2) is 11.5 Å². The van der Waals surface area contributed by atoms with Gasteiger partial charge in [-0.15, -0.1) is 0 Å². The Balaban J connectivity index is 1.57. The van der Waals surface area contributed by atoms with Crippen molar-refractivity contribution < 1.29 is 23.4 Å². The lowest BCUT2D eigenvalue weighted by Crippen LogP contribution is -2.43. The maximum atomic E-state index is 13.4. The minimum absolute atomic E-state index is 0.0526. The lowest BCUT2D eigenvalue weighted by molar-refractivity contribution is 0.0162. The molecule has 1 saturated heterocycles. The molecule has 186 valence electrons. The summed E-state index contributed by atoms with van der Waals surface area (Å²) < 4.78 is 31.8. The molecule has 35 heavy (non-hydrogen) atoms. The Morgan fingerprint density at radius 3 is 2.37 bits per heavy atom. The van der Waals surface area contributed by atoms with E-state index in [0.717, 1.165) is 35.7 Å². The number of ether oxygens (including phenoxy) is 3. The van der Waals surface area contributed by atoms with Crippen molar-refractivity contribution in [3.05, 3.63) is 76.9 Å². The molecule has 1 amide bonds. The maximum Gasteiger partial charge on any atom is 0.253 e. The summed E-state index contributed by atoms with van der Waals surface area (Å²) in [6.45, 7) is 7.11. The first-order valence-electron chi connectivity index (χ1n) is 11.7. The molecule has 1 fully saturated rings. The molecular weight excluding hydrogens is 449 g/mol. The van der Waals surface area contributed by atoms with Gasteiger partial charge in [0.1, 0.15) is 5.82 Å². The van der Waals surface area contributed by atoms with Gasteiger partial charge < -0.3 is 24.1 Å². The summed E-state index contributed by atoms with van der Waals surface area (Å²) in [4.78, 5) is 15.6. The Hall–Kier alpha value is -3.36. The molecule has 1 aliphatic heterocycles. The van der Waals surface area contributed by atoms with E-state index in [-0.39, 0.29) is 17.8 Å². The van der Waals surface area contributed by atoms with Crippen LogP contribution in [0.1, 0.15) is 33.4 Å². The first-order chi connectivity index (χ1) is 16.9. The minimum Gasteiger partial charge on any atom is -0.493 e. The Bertz CT molecular complexity index is 1170. The minimum atomic E-state index is -0.293. The van der Waals surface area contributed by atoms with Gasteiger partial charge in [0.2, 0.25) is 0 Å². The molecule has 2 heterocycles. The first kappa shape index (κ1) is 24.8. The van der Waals surface area contributed by atoms with Crippen LogP contribution in [-0.2, 0) is 4.74 Å². The van der Waals surface area contributed by atoms with E-state index >= 15 is 0 Å². The van der Waals surface area contributed by atoms with Crippen LogP contribution >= 0.6 is 0 Å².